The van der Waals surface area contributed by atoms with Crippen LogP contribution in [-0.2, 0) is 0 Å². The summed E-state index contributed by atoms with van der Waals surface area (Å²) in [6.45, 7) is 2.27. The molecule has 2 bridgehead atoms. The zero-order valence-corrected chi connectivity index (χ0v) is 13.5. The lowest BCUT2D eigenvalue weighted by atomic mass is 9.82. The fraction of sp³-hybridized carbons (Fsp3) is 1.00. The van der Waals surface area contributed by atoms with Gasteiger partial charge in [-0.25, -0.2) is 0 Å². The fourth-order valence-corrected chi connectivity index (χ4v) is 5.79. The molecule has 0 amide bonds. The summed E-state index contributed by atoms with van der Waals surface area (Å²) in [7, 11) is 0. The highest BCUT2D eigenvalue weighted by molar-refractivity contribution is 8.00. The SMILES string of the molecule is CCCCCCCCCC1(O)CC2CCCC(C1)S2. The van der Waals surface area contributed by atoms with Crippen molar-refractivity contribution < 1.29 is 5.11 Å². The first-order valence-electron chi connectivity index (χ1n) is 8.60. The van der Waals surface area contributed by atoms with Gasteiger partial charge in [0.25, 0.3) is 0 Å². The molecule has 2 aliphatic heterocycles. The van der Waals surface area contributed by atoms with Crippen LogP contribution in [0.3, 0.4) is 0 Å². The molecule has 2 rings (SSSR count). The van der Waals surface area contributed by atoms with Gasteiger partial charge in [-0.05, 0) is 32.1 Å². The first-order chi connectivity index (χ1) is 9.22. The summed E-state index contributed by atoms with van der Waals surface area (Å²) in [4.78, 5) is 0. The zero-order valence-electron chi connectivity index (χ0n) is 12.7. The van der Waals surface area contributed by atoms with E-state index in [4.69, 9.17) is 0 Å². The maximum atomic E-state index is 10.8. The van der Waals surface area contributed by atoms with Crippen LogP contribution in [0.1, 0.15) is 90.4 Å². The van der Waals surface area contributed by atoms with Crippen LogP contribution in [0.4, 0.5) is 0 Å². The number of unbranched alkanes of at least 4 members (excludes halogenated alkanes) is 6. The molecule has 19 heavy (non-hydrogen) atoms. The summed E-state index contributed by atoms with van der Waals surface area (Å²) >= 11 is 2.17. The maximum absolute atomic E-state index is 10.8. The molecule has 2 fully saturated rings. The van der Waals surface area contributed by atoms with E-state index in [0.717, 1.165) is 29.8 Å². The molecule has 0 aromatic carbocycles. The minimum absolute atomic E-state index is 0.301. The highest BCUT2D eigenvalue weighted by Gasteiger charge is 2.40. The molecule has 2 atom stereocenters. The number of hydrogen-bond acceptors (Lipinski definition) is 2. The van der Waals surface area contributed by atoms with Gasteiger partial charge in [0.2, 0.25) is 0 Å². The third-order valence-corrected chi connectivity index (χ3v) is 6.47. The first-order valence-corrected chi connectivity index (χ1v) is 9.54. The molecule has 0 aromatic rings. The molecule has 1 nitrogen and oxygen atoms in total. The summed E-state index contributed by atoms with van der Waals surface area (Å²) in [6.07, 6.45) is 16.8. The van der Waals surface area contributed by atoms with Crippen molar-refractivity contribution in [3.8, 4) is 0 Å². The van der Waals surface area contributed by atoms with Crippen molar-refractivity contribution in [2.24, 2.45) is 0 Å². The van der Waals surface area contributed by atoms with Crippen molar-refractivity contribution in [2.45, 2.75) is 106 Å². The lowest BCUT2D eigenvalue weighted by molar-refractivity contribution is 0.00235. The summed E-state index contributed by atoms with van der Waals surface area (Å²) in [5, 5.41) is 12.3. The second kappa shape index (κ2) is 7.93. The van der Waals surface area contributed by atoms with E-state index in [-0.39, 0.29) is 5.60 Å². The van der Waals surface area contributed by atoms with Crippen molar-refractivity contribution in [3.63, 3.8) is 0 Å². The molecule has 2 heterocycles. The molecule has 112 valence electrons. The van der Waals surface area contributed by atoms with Gasteiger partial charge in [-0.2, -0.15) is 11.8 Å². The predicted molar refractivity (Wildman–Crippen MR) is 85.8 cm³/mol. The molecule has 2 unspecified atom stereocenters. The normalized spacial score (nSPS) is 34.4. The smallest absolute Gasteiger partial charge is 0.0668 e. The van der Waals surface area contributed by atoms with Gasteiger partial charge in [0.1, 0.15) is 0 Å². The molecular weight excluding hydrogens is 252 g/mol. The number of rotatable bonds is 8. The van der Waals surface area contributed by atoms with Crippen molar-refractivity contribution in [3.05, 3.63) is 0 Å². The van der Waals surface area contributed by atoms with Gasteiger partial charge >= 0.3 is 0 Å². The highest BCUT2D eigenvalue weighted by atomic mass is 32.2. The van der Waals surface area contributed by atoms with E-state index >= 15 is 0 Å². The minimum atomic E-state index is -0.301. The Bertz CT molecular complexity index is 242. The van der Waals surface area contributed by atoms with Crippen molar-refractivity contribution in [1.29, 1.82) is 0 Å². The second-order valence-electron chi connectivity index (χ2n) is 6.81. The minimum Gasteiger partial charge on any atom is -0.390 e. The summed E-state index contributed by atoms with van der Waals surface area (Å²) in [5.41, 5.74) is -0.301. The average Bonchev–Trinajstić information content (AvgIpc) is 2.37. The second-order valence-corrected chi connectivity index (χ2v) is 8.42. The Balaban J connectivity index is 1.59. The summed E-state index contributed by atoms with van der Waals surface area (Å²) in [6, 6.07) is 0. The standard InChI is InChI=1S/C17H32OS/c1-2-3-4-5-6-7-8-12-17(18)13-15-10-9-11-16(14-17)19-15/h15-16,18H,2-14H2,1H3. The van der Waals surface area contributed by atoms with E-state index in [1.807, 2.05) is 0 Å². The van der Waals surface area contributed by atoms with Crippen molar-refractivity contribution in [2.75, 3.05) is 0 Å². The Morgan fingerprint density at radius 1 is 0.947 bits per heavy atom. The van der Waals surface area contributed by atoms with Crippen LogP contribution < -0.4 is 0 Å². The van der Waals surface area contributed by atoms with Gasteiger partial charge < -0.3 is 5.11 Å². The van der Waals surface area contributed by atoms with Crippen LogP contribution in [0.25, 0.3) is 0 Å². The number of hydrogen-bond donors (Lipinski definition) is 1. The van der Waals surface area contributed by atoms with Gasteiger partial charge in [-0.15, -0.1) is 0 Å². The van der Waals surface area contributed by atoms with Crippen molar-refractivity contribution >= 4 is 11.8 Å². The Morgan fingerprint density at radius 3 is 2.16 bits per heavy atom. The van der Waals surface area contributed by atoms with Crippen LogP contribution in [-0.4, -0.2) is 21.2 Å². The Labute approximate surface area is 123 Å². The Hall–Kier alpha value is 0.310. The zero-order chi connectivity index (χ0) is 13.6. The van der Waals surface area contributed by atoms with Crippen LogP contribution in [0, 0.1) is 0 Å². The molecule has 2 saturated heterocycles. The van der Waals surface area contributed by atoms with E-state index in [2.05, 4.69) is 18.7 Å². The van der Waals surface area contributed by atoms with E-state index in [0.29, 0.717) is 0 Å². The molecule has 2 heteroatoms. The van der Waals surface area contributed by atoms with Crippen LogP contribution in [0.2, 0.25) is 0 Å². The molecule has 0 aliphatic carbocycles. The summed E-state index contributed by atoms with van der Waals surface area (Å²) < 4.78 is 0. The monoisotopic (exact) mass is 284 g/mol. The third-order valence-electron chi connectivity index (χ3n) is 4.90. The Morgan fingerprint density at radius 2 is 1.53 bits per heavy atom. The Kier molecular flexibility index (Phi) is 6.55. The summed E-state index contributed by atoms with van der Waals surface area (Å²) in [5.74, 6) is 0. The molecular formula is C17H32OS. The molecule has 0 saturated carbocycles. The van der Waals surface area contributed by atoms with E-state index in [1.54, 1.807) is 0 Å². The van der Waals surface area contributed by atoms with E-state index in [1.165, 1.54) is 64.2 Å². The largest absolute Gasteiger partial charge is 0.390 e. The first kappa shape index (κ1) is 15.7. The number of thioether (sulfide) groups is 1. The van der Waals surface area contributed by atoms with Crippen LogP contribution >= 0.6 is 11.8 Å². The highest BCUT2D eigenvalue weighted by Crippen LogP contribution is 2.47. The third kappa shape index (κ3) is 5.30. The number of aliphatic hydroxyl groups is 1. The molecule has 0 aromatic heterocycles. The fourth-order valence-electron chi connectivity index (χ4n) is 3.83. The van der Waals surface area contributed by atoms with Gasteiger partial charge in [-0.3, -0.25) is 0 Å². The number of fused-ring (bicyclic) bond motifs is 2. The van der Waals surface area contributed by atoms with Gasteiger partial charge in [0, 0.05) is 10.5 Å². The molecule has 2 aliphatic rings. The van der Waals surface area contributed by atoms with E-state index in [9.17, 15) is 5.11 Å². The van der Waals surface area contributed by atoms with Gasteiger partial charge in [-0.1, -0.05) is 58.3 Å². The average molecular weight is 285 g/mol. The molecule has 0 radical (unpaired) electrons. The van der Waals surface area contributed by atoms with Crippen molar-refractivity contribution in [1.82, 2.24) is 0 Å². The van der Waals surface area contributed by atoms with Crippen LogP contribution in [0.5, 0.6) is 0 Å². The van der Waals surface area contributed by atoms with E-state index < -0.39 is 0 Å². The van der Waals surface area contributed by atoms with Crippen LogP contribution in [0.15, 0.2) is 0 Å². The molecule has 1 N–H and O–H groups in total. The maximum Gasteiger partial charge on any atom is 0.0668 e. The topological polar surface area (TPSA) is 20.2 Å². The van der Waals surface area contributed by atoms with Gasteiger partial charge in [0.05, 0.1) is 5.60 Å². The van der Waals surface area contributed by atoms with Gasteiger partial charge in [0.15, 0.2) is 0 Å². The lowest BCUT2D eigenvalue weighted by Crippen LogP contribution is -2.42. The molecule has 0 spiro atoms. The predicted octanol–water partition coefficient (Wildman–Crippen LogP) is 5.31. The lowest BCUT2D eigenvalue weighted by Gasteiger charge is -2.44. The quantitative estimate of drug-likeness (QED) is 0.610.